The number of nitrogens with zero attached hydrogens (tertiary/aromatic N) is 3. The van der Waals surface area contributed by atoms with Gasteiger partial charge < -0.3 is 15.0 Å². The summed E-state index contributed by atoms with van der Waals surface area (Å²) in [7, 11) is 0. The molecule has 0 atom stereocenters. The number of aryl methyl sites for hydroxylation is 1. The summed E-state index contributed by atoms with van der Waals surface area (Å²) < 4.78 is 15.5. The molecule has 0 unspecified atom stereocenters. The molecule has 1 heterocycles. The van der Waals surface area contributed by atoms with E-state index in [1.54, 1.807) is 6.33 Å². The topological polar surface area (TPSA) is 80.0 Å². The van der Waals surface area contributed by atoms with Gasteiger partial charge in [0.25, 0.3) is 0 Å². The molecule has 0 aliphatic heterocycles. The number of nitrogens with one attached hydrogen (secondary N) is 1. The number of hydrogen-bond donors (Lipinski definition) is 2. The van der Waals surface area contributed by atoms with Gasteiger partial charge >= 0.3 is 5.97 Å². The number of aromatic carboxylic acids is 1. The van der Waals surface area contributed by atoms with Crippen molar-refractivity contribution in [3.63, 3.8) is 0 Å². The van der Waals surface area contributed by atoms with Crippen LogP contribution in [0.5, 0.6) is 0 Å². The highest BCUT2D eigenvalue weighted by molar-refractivity contribution is 5.87. The van der Waals surface area contributed by atoms with Gasteiger partial charge in [0, 0.05) is 18.7 Å². The van der Waals surface area contributed by atoms with Gasteiger partial charge in [-0.3, -0.25) is 0 Å². The molecule has 0 aliphatic carbocycles. The summed E-state index contributed by atoms with van der Waals surface area (Å²) >= 11 is 0. The van der Waals surface area contributed by atoms with Crippen molar-refractivity contribution in [3.8, 4) is 0 Å². The Morgan fingerprint density at radius 3 is 2.95 bits per heavy atom. The molecule has 20 heavy (non-hydrogen) atoms. The van der Waals surface area contributed by atoms with Crippen LogP contribution in [-0.2, 0) is 19.6 Å². The first-order valence-corrected chi connectivity index (χ1v) is 6.21. The number of carboxylic acids is 1. The fraction of sp³-hybridized carbons (Fsp3) is 0.308. The second kappa shape index (κ2) is 6.25. The highest BCUT2D eigenvalue weighted by Crippen LogP contribution is 2.11. The summed E-state index contributed by atoms with van der Waals surface area (Å²) in [5.74, 6) is -0.751. The Kier molecular flexibility index (Phi) is 4.41. The zero-order valence-corrected chi connectivity index (χ0v) is 11.0. The molecule has 0 saturated heterocycles. The molecule has 2 aromatic rings. The van der Waals surface area contributed by atoms with Crippen LogP contribution < -0.4 is 5.32 Å². The standard InChI is InChI=1S/C13H15FN4O2/c1-2-18-8-16-17-12(18)7-15-6-10-5-9(13(19)20)3-4-11(10)14/h3-5,8,15H,2,6-7H2,1H3,(H,19,20). The molecule has 0 fully saturated rings. The molecule has 0 radical (unpaired) electrons. The molecule has 1 aromatic heterocycles. The van der Waals surface area contributed by atoms with Crippen molar-refractivity contribution in [2.45, 2.75) is 26.6 Å². The van der Waals surface area contributed by atoms with Gasteiger partial charge in [-0.2, -0.15) is 0 Å². The van der Waals surface area contributed by atoms with Gasteiger partial charge in [0.05, 0.1) is 12.1 Å². The number of carbonyl (C=O) groups is 1. The van der Waals surface area contributed by atoms with E-state index >= 15 is 0 Å². The van der Waals surface area contributed by atoms with E-state index in [0.717, 1.165) is 18.4 Å². The Bertz CT molecular complexity index is 612. The van der Waals surface area contributed by atoms with E-state index < -0.39 is 11.8 Å². The maximum atomic E-state index is 13.6. The average Bonchev–Trinajstić information content (AvgIpc) is 2.88. The number of halogens is 1. The van der Waals surface area contributed by atoms with Gasteiger partial charge in [0.15, 0.2) is 0 Å². The molecule has 0 amide bonds. The van der Waals surface area contributed by atoms with Crippen LogP contribution in [0.1, 0.15) is 28.7 Å². The third-order valence-corrected chi connectivity index (χ3v) is 2.93. The average molecular weight is 278 g/mol. The lowest BCUT2D eigenvalue weighted by molar-refractivity contribution is 0.0696. The van der Waals surface area contributed by atoms with Gasteiger partial charge in [-0.1, -0.05) is 0 Å². The summed E-state index contributed by atoms with van der Waals surface area (Å²) in [5.41, 5.74) is 0.382. The van der Waals surface area contributed by atoms with Gasteiger partial charge in [-0.15, -0.1) is 10.2 Å². The van der Waals surface area contributed by atoms with Gasteiger partial charge in [-0.25, -0.2) is 9.18 Å². The molecule has 1 aromatic carbocycles. The van der Waals surface area contributed by atoms with E-state index in [9.17, 15) is 9.18 Å². The van der Waals surface area contributed by atoms with Crippen molar-refractivity contribution in [2.75, 3.05) is 0 Å². The zero-order valence-electron chi connectivity index (χ0n) is 11.0. The lowest BCUT2D eigenvalue weighted by atomic mass is 10.1. The normalized spacial score (nSPS) is 10.7. The fourth-order valence-corrected chi connectivity index (χ4v) is 1.83. The number of aromatic nitrogens is 3. The second-order valence-corrected chi connectivity index (χ2v) is 4.25. The Labute approximate surface area is 115 Å². The Balaban J connectivity index is 2.00. The monoisotopic (exact) mass is 278 g/mol. The van der Waals surface area contributed by atoms with Crippen LogP contribution in [0.15, 0.2) is 24.5 Å². The number of carboxylic acid groups (broad SMARTS) is 1. The SMILES string of the molecule is CCn1cnnc1CNCc1cc(C(=O)O)ccc1F. The van der Waals surface area contributed by atoms with Crippen molar-refractivity contribution in [3.05, 3.63) is 47.3 Å². The minimum atomic E-state index is -1.07. The van der Waals surface area contributed by atoms with Crippen molar-refractivity contribution >= 4 is 5.97 Å². The summed E-state index contributed by atoms with van der Waals surface area (Å²) in [5, 5.41) is 19.7. The highest BCUT2D eigenvalue weighted by Gasteiger charge is 2.09. The minimum absolute atomic E-state index is 0.0694. The fourth-order valence-electron chi connectivity index (χ4n) is 1.83. The maximum Gasteiger partial charge on any atom is 0.335 e. The molecule has 7 heteroatoms. The molecular weight excluding hydrogens is 263 g/mol. The van der Waals surface area contributed by atoms with E-state index in [4.69, 9.17) is 5.11 Å². The van der Waals surface area contributed by atoms with Gasteiger partial charge in [0.2, 0.25) is 0 Å². The summed E-state index contributed by atoms with van der Waals surface area (Å²) in [6.45, 7) is 3.39. The maximum absolute atomic E-state index is 13.6. The predicted molar refractivity (Wildman–Crippen MR) is 69.6 cm³/mol. The van der Waals surface area contributed by atoms with Crippen LogP contribution in [0.3, 0.4) is 0 Å². The number of benzene rings is 1. The Morgan fingerprint density at radius 2 is 2.25 bits per heavy atom. The van der Waals surface area contributed by atoms with E-state index in [0.29, 0.717) is 12.1 Å². The molecule has 0 aliphatic rings. The third-order valence-electron chi connectivity index (χ3n) is 2.93. The van der Waals surface area contributed by atoms with Crippen LogP contribution in [-0.4, -0.2) is 25.8 Å². The van der Waals surface area contributed by atoms with Crippen LogP contribution in [0, 0.1) is 5.82 Å². The van der Waals surface area contributed by atoms with Crippen LogP contribution in [0.4, 0.5) is 4.39 Å². The first kappa shape index (κ1) is 14.1. The Morgan fingerprint density at radius 1 is 1.45 bits per heavy atom. The lowest BCUT2D eigenvalue weighted by Crippen LogP contribution is -2.17. The smallest absolute Gasteiger partial charge is 0.335 e. The quantitative estimate of drug-likeness (QED) is 0.835. The van der Waals surface area contributed by atoms with Crippen molar-refractivity contribution < 1.29 is 14.3 Å². The van der Waals surface area contributed by atoms with Crippen molar-refractivity contribution in [1.82, 2.24) is 20.1 Å². The third kappa shape index (κ3) is 3.18. The molecule has 2 rings (SSSR count). The second-order valence-electron chi connectivity index (χ2n) is 4.25. The van der Waals surface area contributed by atoms with E-state index in [1.807, 2.05) is 11.5 Å². The van der Waals surface area contributed by atoms with E-state index in [1.165, 1.54) is 12.1 Å². The first-order chi connectivity index (χ1) is 9.61. The molecule has 106 valence electrons. The van der Waals surface area contributed by atoms with Crippen LogP contribution >= 0.6 is 0 Å². The predicted octanol–water partition coefficient (Wildman–Crippen LogP) is 1.43. The summed E-state index contributed by atoms with van der Waals surface area (Å²) in [6, 6.07) is 3.74. The molecule has 0 bridgehead atoms. The largest absolute Gasteiger partial charge is 0.478 e. The van der Waals surface area contributed by atoms with E-state index in [-0.39, 0.29) is 12.1 Å². The van der Waals surface area contributed by atoms with Gasteiger partial charge in [-0.05, 0) is 25.1 Å². The van der Waals surface area contributed by atoms with Crippen LogP contribution in [0.25, 0.3) is 0 Å². The Hall–Kier alpha value is -2.28. The minimum Gasteiger partial charge on any atom is -0.478 e. The molecule has 0 spiro atoms. The molecular formula is C13H15FN4O2. The number of rotatable bonds is 6. The highest BCUT2D eigenvalue weighted by atomic mass is 19.1. The number of hydrogen-bond acceptors (Lipinski definition) is 4. The molecule has 6 nitrogen and oxygen atoms in total. The van der Waals surface area contributed by atoms with Crippen LogP contribution in [0.2, 0.25) is 0 Å². The summed E-state index contributed by atoms with van der Waals surface area (Å²) in [4.78, 5) is 10.8. The zero-order chi connectivity index (χ0) is 14.5. The van der Waals surface area contributed by atoms with Crippen molar-refractivity contribution in [2.24, 2.45) is 0 Å². The first-order valence-electron chi connectivity index (χ1n) is 6.21. The molecule has 2 N–H and O–H groups in total. The lowest BCUT2D eigenvalue weighted by Gasteiger charge is -2.07. The van der Waals surface area contributed by atoms with E-state index in [2.05, 4.69) is 15.5 Å². The summed E-state index contributed by atoms with van der Waals surface area (Å²) in [6.07, 6.45) is 1.63. The van der Waals surface area contributed by atoms with Gasteiger partial charge in [0.1, 0.15) is 18.0 Å². The molecule has 0 saturated carbocycles. The van der Waals surface area contributed by atoms with Crippen molar-refractivity contribution in [1.29, 1.82) is 0 Å².